The van der Waals surface area contributed by atoms with Crippen LogP contribution in [0.25, 0.3) is 0 Å². The quantitative estimate of drug-likeness (QED) is 0.153. The lowest BCUT2D eigenvalue weighted by Crippen LogP contribution is -2.63. The first kappa shape index (κ1) is 37.8. The highest BCUT2D eigenvalue weighted by Crippen LogP contribution is 2.42. The van der Waals surface area contributed by atoms with E-state index in [1.165, 1.54) is 0 Å². The summed E-state index contributed by atoms with van der Waals surface area (Å²) >= 11 is 0. The van der Waals surface area contributed by atoms with Crippen LogP contribution in [0, 0.1) is 16.2 Å². The second-order valence-electron chi connectivity index (χ2n) is 15.5. The minimum absolute atomic E-state index is 0.235. The van der Waals surface area contributed by atoms with Crippen LogP contribution in [0.15, 0.2) is 91.0 Å². The van der Waals surface area contributed by atoms with Gasteiger partial charge in [-0.2, -0.15) is 0 Å². The molecule has 5 atom stereocenters. The summed E-state index contributed by atoms with van der Waals surface area (Å²) in [5.41, 5.74) is -1.62. The molecule has 3 aromatic carbocycles. The summed E-state index contributed by atoms with van der Waals surface area (Å²) in [5, 5.41) is 11.4. The van der Waals surface area contributed by atoms with Gasteiger partial charge in [0.25, 0.3) is 0 Å². The Kier molecular flexibility index (Phi) is 11.4. The van der Waals surface area contributed by atoms with Crippen LogP contribution in [0.4, 0.5) is 0 Å². The number of benzene rings is 3. The third kappa shape index (κ3) is 8.76. The molecular formula is C40H50O9. The average Bonchev–Trinajstić information content (AvgIpc) is 3.04. The average molecular weight is 675 g/mol. The van der Waals surface area contributed by atoms with Gasteiger partial charge in [-0.05, 0) is 79.0 Å². The summed E-state index contributed by atoms with van der Waals surface area (Å²) in [7, 11) is 0. The van der Waals surface area contributed by atoms with Gasteiger partial charge in [0.15, 0.2) is 24.6 Å². The number of rotatable bonds is 9. The number of hydrogen-bond acceptors (Lipinski definition) is 9. The van der Waals surface area contributed by atoms with Gasteiger partial charge < -0.3 is 28.8 Å². The number of carbonyl (C=O) groups is 3. The van der Waals surface area contributed by atoms with Crippen LogP contribution in [-0.4, -0.2) is 60.3 Å². The van der Waals surface area contributed by atoms with E-state index in [-0.39, 0.29) is 6.61 Å². The van der Waals surface area contributed by atoms with Gasteiger partial charge in [-0.15, -0.1) is 0 Å². The monoisotopic (exact) mass is 674 g/mol. The third-order valence-electron chi connectivity index (χ3n) is 8.18. The van der Waals surface area contributed by atoms with Crippen LogP contribution in [0.5, 0.6) is 0 Å². The number of aliphatic hydroxyl groups excluding tert-OH is 1. The molecule has 1 unspecified atom stereocenters. The first-order valence-corrected chi connectivity index (χ1v) is 16.6. The second-order valence-corrected chi connectivity index (χ2v) is 15.5. The summed E-state index contributed by atoms with van der Waals surface area (Å²) < 4.78 is 31.0. The zero-order chi connectivity index (χ0) is 36.2. The van der Waals surface area contributed by atoms with Gasteiger partial charge in [-0.25, -0.2) is 0 Å². The number of ether oxygens (including phenoxy) is 5. The van der Waals surface area contributed by atoms with Crippen LogP contribution in [0.3, 0.4) is 0 Å². The Labute approximate surface area is 289 Å². The molecule has 0 radical (unpaired) electrons. The van der Waals surface area contributed by atoms with Crippen LogP contribution in [0.2, 0.25) is 0 Å². The third-order valence-corrected chi connectivity index (χ3v) is 8.18. The maximum atomic E-state index is 13.5. The van der Waals surface area contributed by atoms with Crippen molar-refractivity contribution < 1.29 is 43.2 Å². The second kappa shape index (κ2) is 14.8. The first-order valence-electron chi connectivity index (χ1n) is 16.6. The molecule has 1 aliphatic rings. The Morgan fingerprint density at radius 1 is 0.551 bits per heavy atom. The molecular weight excluding hydrogens is 624 g/mol. The maximum Gasteiger partial charge on any atom is 0.311 e. The lowest BCUT2D eigenvalue weighted by atomic mass is 9.80. The van der Waals surface area contributed by atoms with E-state index in [1.807, 2.05) is 91.0 Å². The minimum Gasteiger partial charge on any atom is -0.455 e. The largest absolute Gasteiger partial charge is 0.455 e. The summed E-state index contributed by atoms with van der Waals surface area (Å²) in [6.45, 7) is 14.8. The molecule has 1 heterocycles. The van der Waals surface area contributed by atoms with Crippen molar-refractivity contribution in [2.45, 2.75) is 98.6 Å². The molecule has 3 aromatic rings. The molecule has 0 amide bonds. The topological polar surface area (TPSA) is 118 Å². The van der Waals surface area contributed by atoms with E-state index >= 15 is 0 Å². The van der Waals surface area contributed by atoms with Crippen molar-refractivity contribution in [2.75, 3.05) is 6.61 Å². The molecule has 0 aromatic heterocycles. The van der Waals surface area contributed by atoms with Crippen LogP contribution >= 0.6 is 0 Å². The predicted molar refractivity (Wildman–Crippen MR) is 184 cm³/mol. The summed E-state index contributed by atoms with van der Waals surface area (Å²) in [6.07, 6.45) is -7.18. The Bertz CT molecular complexity index is 1450. The summed E-state index contributed by atoms with van der Waals surface area (Å²) in [6, 6.07) is 29.0. The Morgan fingerprint density at radius 2 is 0.878 bits per heavy atom. The lowest BCUT2D eigenvalue weighted by molar-refractivity contribution is -0.303. The highest BCUT2D eigenvalue weighted by Gasteiger charge is 2.54. The predicted octanol–water partition coefficient (Wildman–Crippen LogP) is 6.59. The van der Waals surface area contributed by atoms with Gasteiger partial charge >= 0.3 is 17.9 Å². The highest BCUT2D eigenvalue weighted by molar-refractivity contribution is 5.77. The normalized spacial score (nSPS) is 21.8. The van der Waals surface area contributed by atoms with Gasteiger partial charge in [0.05, 0.1) is 22.9 Å². The standard InChI is InChI=1S/C40H50O9/c1-37(2,3)34(42)47-30-29(46-33(41)32(49-36(44)39(7,8)9)31(30)48-35(43)38(4,5)6)25-45-40(26-19-13-10-14-20-26,27-21-15-11-16-22-27)28-23-17-12-18-24-28/h10-24,29-33,41H,25H2,1-9H3/t29-,30-,31+,32+,33?/m1/s1. The van der Waals surface area contributed by atoms with E-state index in [0.29, 0.717) is 0 Å². The number of aliphatic hydroxyl groups is 1. The Morgan fingerprint density at radius 3 is 1.22 bits per heavy atom. The Hall–Kier alpha value is -4.05. The molecule has 9 heteroatoms. The van der Waals surface area contributed by atoms with Gasteiger partial charge in [0.2, 0.25) is 0 Å². The van der Waals surface area contributed by atoms with Gasteiger partial charge in [-0.1, -0.05) is 91.0 Å². The molecule has 4 rings (SSSR count). The molecule has 1 N–H and O–H groups in total. The smallest absolute Gasteiger partial charge is 0.311 e. The molecule has 49 heavy (non-hydrogen) atoms. The van der Waals surface area contributed by atoms with Crippen molar-refractivity contribution in [3.8, 4) is 0 Å². The fourth-order valence-corrected chi connectivity index (χ4v) is 5.31. The minimum atomic E-state index is -1.75. The van der Waals surface area contributed by atoms with E-state index in [2.05, 4.69) is 0 Å². The molecule has 1 fully saturated rings. The molecule has 1 aliphatic heterocycles. The zero-order valence-corrected chi connectivity index (χ0v) is 30.0. The van der Waals surface area contributed by atoms with E-state index in [0.717, 1.165) is 16.7 Å². The van der Waals surface area contributed by atoms with E-state index in [4.69, 9.17) is 23.7 Å². The molecule has 0 spiro atoms. The fourth-order valence-electron chi connectivity index (χ4n) is 5.31. The van der Waals surface area contributed by atoms with Crippen molar-refractivity contribution in [2.24, 2.45) is 16.2 Å². The van der Waals surface area contributed by atoms with Crippen LogP contribution in [0.1, 0.15) is 79.0 Å². The van der Waals surface area contributed by atoms with Crippen LogP contribution < -0.4 is 0 Å². The molecule has 0 saturated carbocycles. The van der Waals surface area contributed by atoms with Crippen molar-refractivity contribution >= 4 is 17.9 Å². The van der Waals surface area contributed by atoms with Crippen molar-refractivity contribution in [3.05, 3.63) is 108 Å². The van der Waals surface area contributed by atoms with Crippen LogP contribution in [-0.2, 0) is 43.7 Å². The summed E-state index contributed by atoms with van der Waals surface area (Å²) in [4.78, 5) is 40.1. The molecule has 9 nitrogen and oxygen atoms in total. The van der Waals surface area contributed by atoms with Gasteiger partial charge in [-0.3, -0.25) is 14.4 Å². The highest BCUT2D eigenvalue weighted by atomic mass is 16.7. The van der Waals surface area contributed by atoms with E-state index < -0.39 is 70.5 Å². The molecule has 264 valence electrons. The van der Waals surface area contributed by atoms with Gasteiger partial charge in [0.1, 0.15) is 11.7 Å². The SMILES string of the molecule is CC(C)(C)C(=O)O[C@H]1[C@H](OC(=O)C(C)(C)C)[C@@H](COC(c2ccccc2)(c2ccccc2)c2ccccc2)OC(O)[C@H]1OC(=O)C(C)(C)C. The summed E-state index contributed by atoms with van der Waals surface area (Å²) in [5.74, 6) is -1.92. The molecule has 0 aliphatic carbocycles. The number of hydrogen-bond donors (Lipinski definition) is 1. The van der Waals surface area contributed by atoms with Crippen molar-refractivity contribution in [1.82, 2.24) is 0 Å². The van der Waals surface area contributed by atoms with E-state index in [1.54, 1.807) is 62.3 Å². The first-order chi connectivity index (χ1) is 22.9. The number of carbonyl (C=O) groups excluding carboxylic acids is 3. The maximum absolute atomic E-state index is 13.5. The van der Waals surface area contributed by atoms with E-state index in [9.17, 15) is 19.5 Å². The lowest BCUT2D eigenvalue weighted by Gasteiger charge is -2.45. The fraction of sp³-hybridized carbons (Fsp3) is 0.475. The van der Waals surface area contributed by atoms with Crippen molar-refractivity contribution in [1.29, 1.82) is 0 Å². The van der Waals surface area contributed by atoms with Crippen molar-refractivity contribution in [3.63, 3.8) is 0 Å². The Balaban J connectivity index is 1.85. The number of esters is 3. The molecule has 1 saturated heterocycles. The zero-order valence-electron chi connectivity index (χ0n) is 30.0. The van der Waals surface area contributed by atoms with Gasteiger partial charge in [0, 0.05) is 0 Å². The molecule has 0 bridgehead atoms.